The highest BCUT2D eigenvalue weighted by Crippen LogP contribution is 2.33. The average Bonchev–Trinajstić information content (AvgIpc) is 3.68. The second-order valence-electron chi connectivity index (χ2n) is 8.85. The Labute approximate surface area is 209 Å². The molecule has 0 unspecified atom stereocenters. The van der Waals surface area contributed by atoms with Crippen molar-refractivity contribution in [3.8, 4) is 5.75 Å². The number of pyridine rings is 1. The molecule has 2 aromatic carbocycles. The van der Waals surface area contributed by atoms with Crippen LogP contribution in [0.25, 0.3) is 10.9 Å². The van der Waals surface area contributed by atoms with Crippen LogP contribution in [0.15, 0.2) is 66.9 Å². The van der Waals surface area contributed by atoms with Gasteiger partial charge in [0, 0.05) is 33.9 Å². The van der Waals surface area contributed by atoms with Gasteiger partial charge in [0.05, 0.1) is 31.3 Å². The van der Waals surface area contributed by atoms with E-state index in [1.165, 1.54) is 0 Å². The van der Waals surface area contributed by atoms with Crippen LogP contribution in [0.2, 0.25) is 5.02 Å². The van der Waals surface area contributed by atoms with Crippen LogP contribution in [0.5, 0.6) is 5.75 Å². The predicted octanol–water partition coefficient (Wildman–Crippen LogP) is 5.43. The maximum atomic E-state index is 13.6. The highest BCUT2D eigenvalue weighted by Gasteiger charge is 2.33. The zero-order chi connectivity index (χ0) is 24.5. The lowest BCUT2D eigenvalue weighted by Crippen LogP contribution is -2.34. The maximum absolute atomic E-state index is 13.6. The van der Waals surface area contributed by atoms with Crippen LogP contribution < -0.4 is 4.74 Å². The van der Waals surface area contributed by atoms with E-state index in [-0.39, 0.29) is 24.3 Å². The summed E-state index contributed by atoms with van der Waals surface area (Å²) in [6.45, 7) is 2.37. The SMILES string of the molecule is COc1ccc2c(c1)c(CC(=O)N(Cc1ccccn1)C1CC1)c(C)n2C(=O)c1ccc(Cl)cc1. The number of nitrogens with zero attached hydrogens (tertiary/aromatic N) is 3. The molecule has 0 N–H and O–H groups in total. The number of methoxy groups -OCH3 is 1. The number of aromatic nitrogens is 2. The molecule has 2 heterocycles. The molecule has 0 atom stereocenters. The van der Waals surface area contributed by atoms with Crippen LogP contribution in [-0.4, -0.2) is 39.4 Å². The normalized spacial score (nSPS) is 13.1. The number of halogens is 1. The molecule has 1 saturated carbocycles. The van der Waals surface area contributed by atoms with Gasteiger partial charge in [-0.25, -0.2) is 0 Å². The van der Waals surface area contributed by atoms with E-state index in [9.17, 15) is 9.59 Å². The summed E-state index contributed by atoms with van der Waals surface area (Å²) < 4.78 is 7.13. The molecule has 1 aliphatic carbocycles. The zero-order valence-corrected chi connectivity index (χ0v) is 20.5. The monoisotopic (exact) mass is 487 g/mol. The van der Waals surface area contributed by atoms with Crippen molar-refractivity contribution in [2.45, 2.75) is 38.8 Å². The van der Waals surface area contributed by atoms with Gasteiger partial charge in [-0.15, -0.1) is 0 Å². The van der Waals surface area contributed by atoms with Gasteiger partial charge in [-0.2, -0.15) is 0 Å². The Bertz CT molecular complexity index is 1390. The molecular formula is C28H26ClN3O3. The first-order valence-corrected chi connectivity index (χ1v) is 12.0. The lowest BCUT2D eigenvalue weighted by molar-refractivity contribution is -0.131. The smallest absolute Gasteiger partial charge is 0.262 e. The van der Waals surface area contributed by atoms with E-state index in [2.05, 4.69) is 4.98 Å². The molecule has 1 amide bonds. The number of fused-ring (bicyclic) bond motifs is 1. The van der Waals surface area contributed by atoms with E-state index < -0.39 is 0 Å². The minimum absolute atomic E-state index is 0.0297. The summed E-state index contributed by atoms with van der Waals surface area (Å²) in [6, 6.07) is 18.4. The first-order valence-electron chi connectivity index (χ1n) is 11.6. The van der Waals surface area contributed by atoms with Gasteiger partial charge in [-0.3, -0.25) is 19.1 Å². The van der Waals surface area contributed by atoms with Crippen LogP contribution >= 0.6 is 11.6 Å². The number of carbonyl (C=O) groups is 2. The summed E-state index contributed by atoms with van der Waals surface area (Å²) in [4.78, 5) is 33.4. The lowest BCUT2D eigenvalue weighted by Gasteiger charge is -2.22. The average molecular weight is 488 g/mol. The van der Waals surface area contributed by atoms with Crippen molar-refractivity contribution >= 4 is 34.3 Å². The number of rotatable bonds is 7. The highest BCUT2D eigenvalue weighted by atomic mass is 35.5. The Morgan fingerprint density at radius 3 is 2.54 bits per heavy atom. The Balaban J connectivity index is 1.53. The molecule has 1 fully saturated rings. The molecule has 4 aromatic rings. The molecule has 6 nitrogen and oxygen atoms in total. The fourth-order valence-corrected chi connectivity index (χ4v) is 4.65. The van der Waals surface area contributed by atoms with Crippen molar-refractivity contribution in [1.29, 1.82) is 0 Å². The van der Waals surface area contributed by atoms with Gasteiger partial charge < -0.3 is 9.64 Å². The Morgan fingerprint density at radius 1 is 1.11 bits per heavy atom. The lowest BCUT2D eigenvalue weighted by atomic mass is 10.1. The van der Waals surface area contributed by atoms with Gasteiger partial charge in [0.1, 0.15) is 5.75 Å². The number of amides is 1. The number of hydrogen-bond acceptors (Lipinski definition) is 4. The third-order valence-electron chi connectivity index (χ3n) is 6.53. The second-order valence-corrected chi connectivity index (χ2v) is 9.28. The summed E-state index contributed by atoms with van der Waals surface area (Å²) in [5.41, 5.74) is 3.71. The fraction of sp³-hybridized carbons (Fsp3) is 0.250. The molecule has 0 radical (unpaired) electrons. The number of hydrogen-bond donors (Lipinski definition) is 0. The van der Waals surface area contributed by atoms with Gasteiger partial charge in [0.2, 0.25) is 5.91 Å². The summed E-state index contributed by atoms with van der Waals surface area (Å²) >= 11 is 6.02. The van der Waals surface area contributed by atoms with E-state index in [1.54, 1.807) is 42.1 Å². The van der Waals surface area contributed by atoms with Gasteiger partial charge >= 0.3 is 0 Å². The Kier molecular flexibility index (Phi) is 6.31. The van der Waals surface area contributed by atoms with Crippen LogP contribution in [-0.2, 0) is 17.8 Å². The minimum atomic E-state index is -0.166. The predicted molar refractivity (Wildman–Crippen MR) is 136 cm³/mol. The van der Waals surface area contributed by atoms with Gasteiger partial charge in [0.25, 0.3) is 5.91 Å². The van der Waals surface area contributed by atoms with Crippen molar-refractivity contribution in [2.75, 3.05) is 7.11 Å². The molecule has 0 aliphatic heterocycles. The van der Waals surface area contributed by atoms with Crippen molar-refractivity contribution in [2.24, 2.45) is 0 Å². The first-order chi connectivity index (χ1) is 17.0. The highest BCUT2D eigenvalue weighted by molar-refractivity contribution is 6.30. The fourth-order valence-electron chi connectivity index (χ4n) is 4.52. The van der Waals surface area contributed by atoms with Crippen LogP contribution in [0.1, 0.15) is 40.2 Å². The Hall–Kier alpha value is -3.64. The van der Waals surface area contributed by atoms with Crippen LogP contribution in [0.3, 0.4) is 0 Å². The topological polar surface area (TPSA) is 64.4 Å². The number of ether oxygens (including phenoxy) is 1. The molecule has 2 aromatic heterocycles. The van der Waals surface area contributed by atoms with Crippen molar-refractivity contribution in [3.63, 3.8) is 0 Å². The maximum Gasteiger partial charge on any atom is 0.262 e. The van der Waals surface area contributed by atoms with E-state index in [4.69, 9.17) is 16.3 Å². The van der Waals surface area contributed by atoms with E-state index in [1.807, 2.05) is 48.2 Å². The van der Waals surface area contributed by atoms with Crippen molar-refractivity contribution in [1.82, 2.24) is 14.5 Å². The zero-order valence-electron chi connectivity index (χ0n) is 19.7. The first kappa shape index (κ1) is 23.1. The van der Waals surface area contributed by atoms with E-state index in [0.717, 1.165) is 40.7 Å². The standard InChI is InChI=1S/C28H26ClN3O3/c1-18-24(16-27(33)31(22-10-11-22)17-21-5-3-4-14-30-21)25-15-23(35-2)12-13-26(25)32(18)28(34)19-6-8-20(29)9-7-19/h3-9,12-15,22H,10-11,16-17H2,1-2H3. The van der Waals surface area contributed by atoms with Crippen molar-refractivity contribution < 1.29 is 14.3 Å². The Morgan fingerprint density at radius 2 is 1.89 bits per heavy atom. The number of carbonyl (C=O) groups excluding carboxylic acids is 2. The summed E-state index contributed by atoms with van der Waals surface area (Å²) in [6.07, 6.45) is 3.95. The molecule has 1 aliphatic rings. The molecule has 0 bridgehead atoms. The summed E-state index contributed by atoms with van der Waals surface area (Å²) in [5.74, 6) is 0.539. The molecule has 7 heteroatoms. The van der Waals surface area contributed by atoms with Gasteiger partial charge in [-0.05, 0) is 79.9 Å². The third-order valence-corrected chi connectivity index (χ3v) is 6.78. The number of benzene rings is 2. The molecule has 5 rings (SSSR count). The summed E-state index contributed by atoms with van der Waals surface area (Å²) in [5, 5.41) is 1.41. The van der Waals surface area contributed by atoms with Crippen molar-refractivity contribution in [3.05, 3.63) is 94.4 Å². The van der Waals surface area contributed by atoms with Crippen LogP contribution in [0, 0.1) is 6.92 Å². The largest absolute Gasteiger partial charge is 0.497 e. The summed E-state index contributed by atoms with van der Waals surface area (Å²) in [7, 11) is 1.61. The third kappa shape index (κ3) is 4.66. The van der Waals surface area contributed by atoms with Gasteiger partial charge in [0.15, 0.2) is 0 Å². The van der Waals surface area contributed by atoms with Crippen LogP contribution in [0.4, 0.5) is 0 Å². The molecular weight excluding hydrogens is 462 g/mol. The molecule has 0 saturated heterocycles. The molecule has 35 heavy (non-hydrogen) atoms. The molecule has 0 spiro atoms. The quantitative estimate of drug-likeness (QED) is 0.348. The van der Waals surface area contributed by atoms with Gasteiger partial charge in [-0.1, -0.05) is 17.7 Å². The molecule has 178 valence electrons. The van der Waals surface area contributed by atoms with E-state index in [0.29, 0.717) is 22.9 Å². The second kappa shape index (κ2) is 9.55. The van der Waals surface area contributed by atoms with E-state index >= 15 is 0 Å². The minimum Gasteiger partial charge on any atom is -0.497 e.